The number of aryl methyl sites for hydroxylation is 1. The average Bonchev–Trinajstić information content (AvgIpc) is 2.97. The van der Waals surface area contributed by atoms with E-state index in [9.17, 15) is 8.42 Å². The molecule has 1 aromatic carbocycles. The third-order valence-electron chi connectivity index (χ3n) is 3.62. The number of nitrogens with zero attached hydrogens (tertiary/aromatic N) is 1. The predicted octanol–water partition coefficient (Wildman–Crippen LogP) is 2.98. The summed E-state index contributed by atoms with van der Waals surface area (Å²) < 4.78 is 27.7. The van der Waals surface area contributed by atoms with Gasteiger partial charge in [-0.25, -0.2) is 13.1 Å². The summed E-state index contributed by atoms with van der Waals surface area (Å²) in [6.45, 7) is 0. The van der Waals surface area contributed by atoms with Gasteiger partial charge in [0.2, 0.25) is 10.0 Å². The van der Waals surface area contributed by atoms with E-state index in [0.29, 0.717) is 5.56 Å². The lowest BCUT2D eigenvalue weighted by Crippen LogP contribution is -2.30. The molecule has 1 N–H and O–H groups in total. The van der Waals surface area contributed by atoms with Crippen LogP contribution in [0.25, 0.3) is 0 Å². The second-order valence-corrected chi connectivity index (χ2v) is 7.72. The molecule has 21 heavy (non-hydrogen) atoms. The van der Waals surface area contributed by atoms with Crippen LogP contribution >= 0.6 is 11.3 Å². The number of sulfonamides is 1. The van der Waals surface area contributed by atoms with Crippen LogP contribution in [0.1, 0.15) is 34.9 Å². The number of benzene rings is 1. The number of rotatable bonds is 3. The number of fused-ring (bicyclic) bond motifs is 1. The Morgan fingerprint density at radius 1 is 1.33 bits per heavy atom. The number of nitrogens with one attached hydrogen (secondary N) is 1. The summed E-state index contributed by atoms with van der Waals surface area (Å²) in [6.07, 6.45) is 2.81. The van der Waals surface area contributed by atoms with Crippen molar-refractivity contribution < 1.29 is 8.42 Å². The molecule has 1 aliphatic carbocycles. The van der Waals surface area contributed by atoms with Gasteiger partial charge in [-0.05, 0) is 54.5 Å². The van der Waals surface area contributed by atoms with E-state index in [2.05, 4.69) is 4.72 Å². The van der Waals surface area contributed by atoms with Crippen LogP contribution in [-0.2, 0) is 16.4 Å². The highest BCUT2D eigenvalue weighted by Gasteiger charge is 2.26. The molecule has 4 nitrogen and oxygen atoms in total. The van der Waals surface area contributed by atoms with E-state index in [-0.39, 0.29) is 10.9 Å². The fraction of sp³-hybridized carbons (Fsp3) is 0.267. The summed E-state index contributed by atoms with van der Waals surface area (Å²) in [4.78, 5) is 1.41. The Balaban J connectivity index is 1.89. The minimum absolute atomic E-state index is 0.143. The van der Waals surface area contributed by atoms with E-state index in [1.54, 1.807) is 23.5 Å². The Labute approximate surface area is 128 Å². The summed E-state index contributed by atoms with van der Waals surface area (Å²) >= 11 is 1.68. The normalized spacial score (nSPS) is 18.0. The zero-order valence-corrected chi connectivity index (χ0v) is 12.9. The van der Waals surface area contributed by atoms with E-state index >= 15 is 0 Å². The first-order valence-electron chi connectivity index (χ1n) is 6.69. The third-order valence-corrected chi connectivity index (χ3v) is 6.09. The number of nitriles is 1. The largest absolute Gasteiger partial charge is 0.241 e. The lowest BCUT2D eigenvalue weighted by Gasteiger charge is -2.23. The van der Waals surface area contributed by atoms with E-state index < -0.39 is 10.0 Å². The Bertz CT molecular complexity index is 803. The van der Waals surface area contributed by atoms with E-state index in [1.807, 2.05) is 17.5 Å². The minimum Gasteiger partial charge on any atom is -0.207 e. The molecule has 1 heterocycles. The van der Waals surface area contributed by atoms with Gasteiger partial charge in [0, 0.05) is 10.9 Å². The van der Waals surface area contributed by atoms with Crippen LogP contribution in [0, 0.1) is 11.3 Å². The molecule has 0 aliphatic heterocycles. The molecule has 1 atom stereocenters. The number of hydrogen-bond acceptors (Lipinski definition) is 4. The van der Waals surface area contributed by atoms with Crippen molar-refractivity contribution in [2.75, 3.05) is 0 Å². The fourth-order valence-corrected chi connectivity index (χ4v) is 4.88. The van der Waals surface area contributed by atoms with Crippen molar-refractivity contribution in [1.29, 1.82) is 5.26 Å². The highest BCUT2D eigenvalue weighted by Crippen LogP contribution is 2.34. The first-order chi connectivity index (χ1) is 10.1. The van der Waals surface area contributed by atoms with Gasteiger partial charge < -0.3 is 0 Å². The Morgan fingerprint density at radius 2 is 2.19 bits per heavy atom. The molecular formula is C15H14N2O2S2. The maximum absolute atomic E-state index is 12.5. The zero-order valence-electron chi connectivity index (χ0n) is 11.2. The highest BCUT2D eigenvalue weighted by molar-refractivity contribution is 7.89. The van der Waals surface area contributed by atoms with Gasteiger partial charge in [0.05, 0.1) is 16.5 Å². The van der Waals surface area contributed by atoms with E-state index in [1.165, 1.54) is 17.0 Å². The Morgan fingerprint density at radius 3 is 3.00 bits per heavy atom. The summed E-state index contributed by atoms with van der Waals surface area (Å²) in [7, 11) is -3.61. The highest BCUT2D eigenvalue weighted by atomic mass is 32.2. The number of thiophene rings is 1. The quantitative estimate of drug-likeness (QED) is 0.946. The first-order valence-corrected chi connectivity index (χ1v) is 9.05. The lowest BCUT2D eigenvalue weighted by molar-refractivity contribution is 0.511. The summed E-state index contributed by atoms with van der Waals surface area (Å²) in [6, 6.07) is 9.89. The fourth-order valence-electron chi connectivity index (χ4n) is 2.60. The summed E-state index contributed by atoms with van der Waals surface area (Å²) in [5.74, 6) is 0. The van der Waals surface area contributed by atoms with Gasteiger partial charge in [-0.3, -0.25) is 0 Å². The van der Waals surface area contributed by atoms with Gasteiger partial charge in [0.25, 0.3) is 0 Å². The van der Waals surface area contributed by atoms with Crippen LogP contribution in [0.4, 0.5) is 0 Å². The molecule has 0 amide bonds. The van der Waals surface area contributed by atoms with Crippen LogP contribution in [0.3, 0.4) is 0 Å². The molecule has 3 rings (SSSR count). The maximum atomic E-state index is 12.5. The van der Waals surface area contributed by atoms with Crippen molar-refractivity contribution >= 4 is 21.4 Å². The van der Waals surface area contributed by atoms with E-state index in [0.717, 1.165) is 24.8 Å². The van der Waals surface area contributed by atoms with Crippen LogP contribution in [0.5, 0.6) is 0 Å². The van der Waals surface area contributed by atoms with Crippen molar-refractivity contribution in [3.8, 4) is 6.07 Å². The van der Waals surface area contributed by atoms with Gasteiger partial charge in [0.15, 0.2) is 0 Å². The molecule has 0 saturated carbocycles. The average molecular weight is 318 g/mol. The molecule has 2 aromatic rings. The summed E-state index contributed by atoms with van der Waals surface area (Å²) in [5.41, 5.74) is 1.43. The number of hydrogen-bond donors (Lipinski definition) is 1. The second-order valence-electron chi connectivity index (χ2n) is 5.00. The lowest BCUT2D eigenvalue weighted by atomic mass is 9.95. The maximum Gasteiger partial charge on any atom is 0.241 e. The monoisotopic (exact) mass is 318 g/mol. The minimum atomic E-state index is -3.61. The SMILES string of the molecule is N#Cc1cccc(S(=O)(=O)NC2CCCc3sccc32)c1. The van der Waals surface area contributed by atoms with Crippen molar-refractivity contribution in [1.82, 2.24) is 4.72 Å². The van der Waals surface area contributed by atoms with Gasteiger partial charge in [-0.1, -0.05) is 6.07 Å². The van der Waals surface area contributed by atoms with Gasteiger partial charge >= 0.3 is 0 Å². The molecule has 1 unspecified atom stereocenters. The molecule has 1 aliphatic rings. The van der Waals surface area contributed by atoms with Gasteiger partial charge in [-0.2, -0.15) is 5.26 Å². The molecular weight excluding hydrogens is 304 g/mol. The molecule has 0 spiro atoms. The molecule has 0 bridgehead atoms. The zero-order chi connectivity index (χ0) is 14.9. The molecule has 6 heteroatoms. The van der Waals surface area contributed by atoms with E-state index in [4.69, 9.17) is 5.26 Å². The standard InChI is InChI=1S/C15H14N2O2S2/c16-10-11-3-1-4-12(9-11)21(18,19)17-14-5-2-6-15-13(14)7-8-20-15/h1,3-4,7-9,14,17H,2,5-6H2. The Kier molecular flexibility index (Phi) is 3.81. The van der Waals surface area contributed by atoms with Crippen molar-refractivity contribution in [2.24, 2.45) is 0 Å². The predicted molar refractivity (Wildman–Crippen MR) is 81.5 cm³/mol. The van der Waals surface area contributed by atoms with Crippen molar-refractivity contribution in [3.05, 3.63) is 51.7 Å². The van der Waals surface area contributed by atoms with Crippen LogP contribution < -0.4 is 4.72 Å². The van der Waals surface area contributed by atoms with Gasteiger partial charge in [0.1, 0.15) is 0 Å². The molecule has 0 fully saturated rings. The first kappa shape index (κ1) is 14.3. The van der Waals surface area contributed by atoms with Crippen LogP contribution in [0.15, 0.2) is 40.6 Å². The van der Waals surface area contributed by atoms with Crippen LogP contribution in [0.2, 0.25) is 0 Å². The second kappa shape index (κ2) is 5.60. The third kappa shape index (κ3) is 2.86. The molecule has 0 saturated heterocycles. The van der Waals surface area contributed by atoms with Crippen molar-refractivity contribution in [3.63, 3.8) is 0 Å². The Hall–Kier alpha value is -1.68. The smallest absolute Gasteiger partial charge is 0.207 e. The van der Waals surface area contributed by atoms with Gasteiger partial charge in [-0.15, -0.1) is 11.3 Å². The molecule has 0 radical (unpaired) electrons. The van der Waals surface area contributed by atoms with Crippen LogP contribution in [-0.4, -0.2) is 8.42 Å². The molecule has 1 aromatic heterocycles. The topological polar surface area (TPSA) is 70.0 Å². The molecule has 108 valence electrons. The summed E-state index contributed by atoms with van der Waals surface area (Å²) in [5, 5.41) is 10.9. The van der Waals surface area contributed by atoms with Crippen molar-refractivity contribution in [2.45, 2.75) is 30.2 Å².